The van der Waals surface area contributed by atoms with Crippen LogP contribution in [0.1, 0.15) is 344 Å². The Morgan fingerprint density at radius 2 is 0.539 bits per heavy atom. The molecular weight excluding hydrogens is 1170 g/mol. The van der Waals surface area contributed by atoms with E-state index < -0.39 is 97.5 Å². The van der Waals surface area contributed by atoms with E-state index in [2.05, 4.69) is 55.4 Å². The third-order valence-corrected chi connectivity index (χ3v) is 18.3. The summed E-state index contributed by atoms with van der Waals surface area (Å²) in [5.74, 6) is 0.861. The number of aliphatic hydroxyl groups is 1. The van der Waals surface area contributed by atoms with Gasteiger partial charge in [0.2, 0.25) is 0 Å². The summed E-state index contributed by atoms with van der Waals surface area (Å²) in [6.07, 6.45) is 41.7. The monoisotopic (exact) mass is 1310 g/mol. The van der Waals surface area contributed by atoms with Crippen molar-refractivity contribution in [3.05, 3.63) is 0 Å². The summed E-state index contributed by atoms with van der Waals surface area (Å²) >= 11 is 0. The Morgan fingerprint density at radius 1 is 0.315 bits per heavy atom. The summed E-state index contributed by atoms with van der Waals surface area (Å²) in [6, 6.07) is 0. The van der Waals surface area contributed by atoms with Crippen molar-refractivity contribution in [1.82, 2.24) is 0 Å². The minimum Gasteiger partial charge on any atom is -0.462 e. The van der Waals surface area contributed by atoms with E-state index in [1.807, 2.05) is 0 Å². The Morgan fingerprint density at radius 3 is 0.798 bits per heavy atom. The summed E-state index contributed by atoms with van der Waals surface area (Å²) in [7, 11) is -9.90. The van der Waals surface area contributed by atoms with Crippen LogP contribution < -0.4 is 0 Å². The quantitative estimate of drug-likeness (QED) is 0.0222. The number of ether oxygens (including phenoxy) is 4. The number of phosphoric ester groups is 2. The first-order chi connectivity index (χ1) is 42.6. The van der Waals surface area contributed by atoms with Crippen LogP contribution in [-0.4, -0.2) is 96.7 Å². The number of phosphoric acid groups is 2. The number of unbranched alkanes of at least 4 members (excludes halogenated alkanes) is 32. The molecule has 0 aliphatic heterocycles. The first kappa shape index (κ1) is 87.1. The van der Waals surface area contributed by atoms with Gasteiger partial charge in [0, 0.05) is 25.7 Å². The van der Waals surface area contributed by atoms with Gasteiger partial charge in [-0.3, -0.25) is 37.3 Å². The summed E-state index contributed by atoms with van der Waals surface area (Å²) < 4.78 is 68.3. The molecule has 0 aliphatic carbocycles. The number of hydrogen-bond acceptors (Lipinski definition) is 15. The summed E-state index contributed by atoms with van der Waals surface area (Å²) in [5, 5.41) is 10.6. The smallest absolute Gasteiger partial charge is 0.462 e. The van der Waals surface area contributed by atoms with Gasteiger partial charge in [0.15, 0.2) is 12.2 Å². The molecule has 0 aromatic carbocycles. The van der Waals surface area contributed by atoms with Crippen LogP contribution in [0, 0.1) is 23.7 Å². The highest BCUT2D eigenvalue weighted by Gasteiger charge is 2.30. The van der Waals surface area contributed by atoms with Crippen molar-refractivity contribution in [1.29, 1.82) is 0 Å². The van der Waals surface area contributed by atoms with Gasteiger partial charge in [0.25, 0.3) is 0 Å². The van der Waals surface area contributed by atoms with Gasteiger partial charge in [-0.05, 0) is 49.4 Å². The number of carbonyl (C=O) groups is 4. The van der Waals surface area contributed by atoms with Gasteiger partial charge in [-0.1, -0.05) is 293 Å². The topological polar surface area (TPSA) is 237 Å². The van der Waals surface area contributed by atoms with Crippen LogP contribution in [0.3, 0.4) is 0 Å². The molecule has 6 atom stereocenters. The van der Waals surface area contributed by atoms with Crippen LogP contribution in [0.25, 0.3) is 0 Å². The molecule has 528 valence electrons. The standard InChI is InChI=1S/C70H136O17P2/c1-9-63(8)49-41-33-25-19-20-28-37-45-53-70(75)87-65(56-80-67(72)50-42-34-26-17-13-11-10-12-15-22-30-38-46-60(2)3)58-84-88(76,77)82-54-64(71)55-83-89(78,79)85-59-66(57-81-68(73)51-43-35-29-21-24-32-40-48-62(6)7)86-69(74)52-44-36-27-18-14-16-23-31-39-47-61(4)5/h60-66,71H,9-59H2,1-8H3,(H,76,77)(H,78,79)/t63?,64?,65-,66-/m1/s1. The highest BCUT2D eigenvalue weighted by Crippen LogP contribution is 2.45. The fourth-order valence-electron chi connectivity index (χ4n) is 10.5. The van der Waals surface area contributed by atoms with Crippen molar-refractivity contribution in [2.24, 2.45) is 23.7 Å². The molecule has 0 heterocycles. The Balaban J connectivity index is 5.25. The molecule has 0 saturated carbocycles. The highest BCUT2D eigenvalue weighted by molar-refractivity contribution is 7.47. The zero-order chi connectivity index (χ0) is 66.1. The van der Waals surface area contributed by atoms with Crippen molar-refractivity contribution in [3.63, 3.8) is 0 Å². The molecule has 0 bridgehead atoms. The molecular formula is C70H136O17P2. The van der Waals surface area contributed by atoms with Crippen molar-refractivity contribution >= 4 is 39.5 Å². The van der Waals surface area contributed by atoms with E-state index in [1.54, 1.807) is 0 Å². The van der Waals surface area contributed by atoms with E-state index in [-0.39, 0.29) is 25.7 Å². The number of rotatable bonds is 67. The summed E-state index contributed by atoms with van der Waals surface area (Å²) in [4.78, 5) is 72.5. The average molecular weight is 1310 g/mol. The van der Waals surface area contributed by atoms with Gasteiger partial charge in [-0.25, -0.2) is 9.13 Å². The lowest BCUT2D eigenvalue weighted by molar-refractivity contribution is -0.161. The van der Waals surface area contributed by atoms with Gasteiger partial charge in [0.1, 0.15) is 19.3 Å². The van der Waals surface area contributed by atoms with Crippen LogP contribution >= 0.6 is 15.6 Å². The molecule has 0 saturated heterocycles. The summed E-state index contributed by atoms with van der Waals surface area (Å²) in [6.45, 7) is 14.1. The normalized spacial score (nSPS) is 14.6. The van der Waals surface area contributed by atoms with Gasteiger partial charge in [-0.2, -0.15) is 0 Å². The third kappa shape index (κ3) is 63.2. The molecule has 0 radical (unpaired) electrons. The van der Waals surface area contributed by atoms with Crippen molar-refractivity contribution in [2.45, 2.75) is 363 Å². The third-order valence-electron chi connectivity index (χ3n) is 16.4. The van der Waals surface area contributed by atoms with Crippen LogP contribution in [0.2, 0.25) is 0 Å². The molecule has 0 aromatic rings. The number of esters is 4. The second kappa shape index (κ2) is 59.8. The zero-order valence-corrected chi connectivity index (χ0v) is 59.8. The predicted octanol–water partition coefficient (Wildman–Crippen LogP) is 19.7. The van der Waals surface area contributed by atoms with E-state index >= 15 is 0 Å². The molecule has 17 nitrogen and oxygen atoms in total. The van der Waals surface area contributed by atoms with Crippen LogP contribution in [0.5, 0.6) is 0 Å². The van der Waals surface area contributed by atoms with Crippen molar-refractivity contribution in [2.75, 3.05) is 39.6 Å². The Bertz CT molecular complexity index is 1770. The van der Waals surface area contributed by atoms with E-state index in [0.717, 1.165) is 114 Å². The minimum atomic E-state index is -4.95. The average Bonchev–Trinajstić information content (AvgIpc) is 3.56. The Hall–Kier alpha value is -1.94. The Labute approximate surface area is 543 Å². The van der Waals surface area contributed by atoms with E-state index in [0.29, 0.717) is 31.6 Å². The first-order valence-electron chi connectivity index (χ1n) is 36.2. The Kier molecular flexibility index (Phi) is 58.5. The molecule has 4 unspecified atom stereocenters. The fourth-order valence-corrected chi connectivity index (χ4v) is 12.0. The van der Waals surface area contributed by atoms with E-state index in [4.69, 9.17) is 37.0 Å². The van der Waals surface area contributed by atoms with Gasteiger partial charge in [-0.15, -0.1) is 0 Å². The van der Waals surface area contributed by atoms with Crippen LogP contribution in [0.15, 0.2) is 0 Å². The molecule has 0 amide bonds. The lowest BCUT2D eigenvalue weighted by Crippen LogP contribution is -2.30. The molecule has 0 rings (SSSR count). The largest absolute Gasteiger partial charge is 0.472 e. The maximum atomic E-state index is 13.0. The van der Waals surface area contributed by atoms with Crippen LogP contribution in [0.4, 0.5) is 0 Å². The highest BCUT2D eigenvalue weighted by atomic mass is 31.2. The lowest BCUT2D eigenvalue weighted by Gasteiger charge is -2.21. The zero-order valence-electron chi connectivity index (χ0n) is 58.1. The maximum absolute atomic E-state index is 13.0. The maximum Gasteiger partial charge on any atom is 0.472 e. The molecule has 0 aromatic heterocycles. The predicted molar refractivity (Wildman–Crippen MR) is 358 cm³/mol. The van der Waals surface area contributed by atoms with Crippen LogP contribution in [-0.2, 0) is 65.4 Å². The van der Waals surface area contributed by atoms with Gasteiger partial charge >= 0.3 is 39.5 Å². The fraction of sp³-hybridized carbons (Fsp3) is 0.943. The van der Waals surface area contributed by atoms with E-state index in [1.165, 1.54) is 141 Å². The van der Waals surface area contributed by atoms with Gasteiger partial charge in [0.05, 0.1) is 26.4 Å². The SMILES string of the molecule is CCC(C)CCCCCCCCCCC(=O)O[C@H](COC(=O)CCCCCCCCCCCCCCC(C)C)COP(=O)(O)OCC(O)COP(=O)(O)OC[C@@H](COC(=O)CCCCCCCCCC(C)C)OC(=O)CCCCCCCCCCCC(C)C. The van der Waals surface area contributed by atoms with E-state index in [9.17, 15) is 43.2 Å². The first-order valence-corrected chi connectivity index (χ1v) is 39.2. The molecule has 19 heteroatoms. The number of carbonyl (C=O) groups excluding carboxylic acids is 4. The van der Waals surface area contributed by atoms with Crippen molar-refractivity contribution < 1.29 is 80.2 Å². The van der Waals surface area contributed by atoms with Gasteiger partial charge < -0.3 is 33.8 Å². The molecule has 3 N–H and O–H groups in total. The molecule has 0 aliphatic rings. The minimum absolute atomic E-state index is 0.104. The second-order valence-electron chi connectivity index (χ2n) is 26.9. The second-order valence-corrected chi connectivity index (χ2v) is 29.8. The number of hydrogen-bond donors (Lipinski definition) is 3. The summed E-state index contributed by atoms with van der Waals surface area (Å²) in [5.41, 5.74) is 0. The lowest BCUT2D eigenvalue weighted by atomic mass is 9.99. The molecule has 0 spiro atoms. The number of aliphatic hydroxyl groups excluding tert-OH is 1. The van der Waals surface area contributed by atoms with Crippen molar-refractivity contribution in [3.8, 4) is 0 Å². The molecule has 89 heavy (non-hydrogen) atoms. The molecule has 0 fully saturated rings.